The van der Waals surface area contributed by atoms with Gasteiger partial charge in [0.1, 0.15) is 17.1 Å². The minimum Gasteiger partial charge on any atom is -0.496 e. The molecule has 1 saturated heterocycles. The monoisotopic (exact) mass is 395 g/mol. The predicted octanol–water partition coefficient (Wildman–Crippen LogP) is 2.04. The summed E-state index contributed by atoms with van der Waals surface area (Å²) in [5, 5.41) is 5.81. The van der Waals surface area contributed by atoms with Gasteiger partial charge < -0.3 is 20.1 Å². The fourth-order valence-electron chi connectivity index (χ4n) is 4.00. The summed E-state index contributed by atoms with van der Waals surface area (Å²) < 4.78 is 12.7. The molecule has 0 bridgehead atoms. The van der Waals surface area contributed by atoms with Gasteiger partial charge in [-0.05, 0) is 30.7 Å². The van der Waals surface area contributed by atoms with E-state index in [2.05, 4.69) is 4.98 Å². The number of benzene rings is 1. The Balaban J connectivity index is 1.62. The molecule has 2 aromatic heterocycles. The molecule has 3 aromatic rings. The summed E-state index contributed by atoms with van der Waals surface area (Å²) in [7, 11) is 3.11. The quantitative estimate of drug-likeness (QED) is 0.686. The first-order chi connectivity index (χ1) is 14.2. The van der Waals surface area contributed by atoms with Crippen molar-refractivity contribution in [2.45, 2.75) is 18.9 Å². The Morgan fingerprint density at radius 1 is 1.21 bits per heavy atom. The number of nitrogens with two attached hydrogens (primary N) is 1. The molecule has 0 spiro atoms. The first kappa shape index (κ1) is 19.2. The van der Waals surface area contributed by atoms with Crippen LogP contribution in [0.15, 0.2) is 36.5 Å². The molecule has 0 aliphatic carbocycles. The van der Waals surface area contributed by atoms with Crippen LogP contribution in [0.1, 0.15) is 28.4 Å². The van der Waals surface area contributed by atoms with E-state index in [1.807, 2.05) is 27.8 Å². The van der Waals surface area contributed by atoms with E-state index >= 15 is 0 Å². The summed E-state index contributed by atoms with van der Waals surface area (Å²) in [6.07, 6.45) is 2.60. The number of pyridine rings is 1. The number of likely N-dealkylation sites (tertiary alicyclic amines) is 1. The number of hydrogen-bond acceptors (Lipinski definition) is 6. The van der Waals surface area contributed by atoms with Crippen LogP contribution in [0.4, 0.5) is 0 Å². The maximum atomic E-state index is 13.3. The lowest BCUT2D eigenvalue weighted by atomic mass is 10.0. The molecule has 8 nitrogen and oxygen atoms in total. The maximum Gasteiger partial charge on any atom is 0.261 e. The minimum absolute atomic E-state index is 0.0920. The van der Waals surface area contributed by atoms with E-state index in [1.165, 1.54) is 0 Å². The number of carbonyl (C=O) groups excluding carboxylic acids is 1. The largest absolute Gasteiger partial charge is 0.496 e. The van der Waals surface area contributed by atoms with E-state index in [9.17, 15) is 4.79 Å². The standard InChI is InChI=1S/C21H25N5O3/c1-28-16-6-3-7-17(29-2)18(16)21(27)25-11-8-14(13-25)19-15-5-4-10-23-20(15)26(24-19)12-9-22/h3-7,10,14H,8-9,11-13,22H2,1-2H3/t14-/m1/s1. The fourth-order valence-corrected chi connectivity index (χ4v) is 4.00. The van der Waals surface area contributed by atoms with Crippen LogP contribution in [0.2, 0.25) is 0 Å². The van der Waals surface area contributed by atoms with Crippen LogP contribution < -0.4 is 15.2 Å². The molecule has 1 fully saturated rings. The number of aromatic nitrogens is 3. The molecule has 29 heavy (non-hydrogen) atoms. The van der Waals surface area contributed by atoms with Crippen molar-refractivity contribution in [3.8, 4) is 11.5 Å². The SMILES string of the molecule is COc1cccc(OC)c1C(=O)N1CC[C@@H](c2nn(CCN)c3ncccc23)C1. The zero-order valence-electron chi connectivity index (χ0n) is 16.7. The summed E-state index contributed by atoms with van der Waals surface area (Å²) in [4.78, 5) is 19.6. The molecule has 1 atom stereocenters. The molecule has 1 aliphatic heterocycles. The Bertz CT molecular complexity index is 1010. The summed E-state index contributed by atoms with van der Waals surface area (Å²) in [6, 6.07) is 9.31. The zero-order valence-corrected chi connectivity index (χ0v) is 16.7. The van der Waals surface area contributed by atoms with Crippen LogP contribution in [0, 0.1) is 0 Å². The van der Waals surface area contributed by atoms with Crippen molar-refractivity contribution in [3.63, 3.8) is 0 Å². The van der Waals surface area contributed by atoms with E-state index in [0.29, 0.717) is 43.2 Å². The van der Waals surface area contributed by atoms with Crippen molar-refractivity contribution in [1.29, 1.82) is 0 Å². The number of nitrogens with zero attached hydrogens (tertiary/aromatic N) is 4. The van der Waals surface area contributed by atoms with E-state index in [4.69, 9.17) is 20.3 Å². The highest BCUT2D eigenvalue weighted by molar-refractivity contribution is 6.00. The van der Waals surface area contributed by atoms with Crippen molar-refractivity contribution >= 4 is 16.9 Å². The van der Waals surface area contributed by atoms with E-state index in [1.54, 1.807) is 32.5 Å². The highest BCUT2D eigenvalue weighted by Gasteiger charge is 2.33. The number of fused-ring (bicyclic) bond motifs is 1. The summed E-state index contributed by atoms with van der Waals surface area (Å²) in [5.41, 5.74) is 8.00. The van der Waals surface area contributed by atoms with Gasteiger partial charge in [0.25, 0.3) is 5.91 Å². The molecule has 4 rings (SSSR count). The highest BCUT2D eigenvalue weighted by atomic mass is 16.5. The number of amides is 1. The average molecular weight is 395 g/mol. The Morgan fingerprint density at radius 3 is 2.66 bits per heavy atom. The summed E-state index contributed by atoms with van der Waals surface area (Å²) >= 11 is 0. The van der Waals surface area contributed by atoms with Gasteiger partial charge in [0.2, 0.25) is 0 Å². The van der Waals surface area contributed by atoms with Crippen molar-refractivity contribution in [2.24, 2.45) is 5.73 Å². The van der Waals surface area contributed by atoms with Gasteiger partial charge >= 0.3 is 0 Å². The third-order valence-electron chi connectivity index (χ3n) is 5.38. The zero-order chi connectivity index (χ0) is 20.4. The van der Waals surface area contributed by atoms with Gasteiger partial charge in [-0.1, -0.05) is 6.07 Å². The molecule has 8 heteroatoms. The smallest absolute Gasteiger partial charge is 0.261 e. The Morgan fingerprint density at radius 2 is 1.97 bits per heavy atom. The molecule has 152 valence electrons. The Labute approximate surface area is 169 Å². The van der Waals surface area contributed by atoms with Gasteiger partial charge in [0, 0.05) is 37.1 Å². The highest BCUT2D eigenvalue weighted by Crippen LogP contribution is 2.35. The maximum absolute atomic E-state index is 13.3. The number of ether oxygens (including phenoxy) is 2. The Hall–Kier alpha value is -3.13. The van der Waals surface area contributed by atoms with Crippen molar-refractivity contribution in [3.05, 3.63) is 47.8 Å². The van der Waals surface area contributed by atoms with Gasteiger partial charge in [-0.25, -0.2) is 9.67 Å². The predicted molar refractivity (Wildman–Crippen MR) is 109 cm³/mol. The third kappa shape index (κ3) is 3.40. The number of carbonyl (C=O) groups is 1. The fraction of sp³-hybridized carbons (Fsp3) is 0.381. The second-order valence-corrected chi connectivity index (χ2v) is 7.05. The molecule has 1 aromatic carbocycles. The molecule has 0 saturated carbocycles. The van der Waals surface area contributed by atoms with Gasteiger partial charge in [-0.2, -0.15) is 5.10 Å². The van der Waals surface area contributed by atoms with E-state index in [-0.39, 0.29) is 11.8 Å². The number of rotatable bonds is 6. The third-order valence-corrected chi connectivity index (χ3v) is 5.38. The van der Waals surface area contributed by atoms with E-state index < -0.39 is 0 Å². The summed E-state index contributed by atoms with van der Waals surface area (Å²) in [6.45, 7) is 2.34. The second kappa shape index (κ2) is 8.08. The average Bonchev–Trinajstić information content (AvgIpc) is 3.38. The number of methoxy groups -OCH3 is 2. The minimum atomic E-state index is -0.0920. The van der Waals surface area contributed by atoms with Crippen LogP contribution in [0.5, 0.6) is 11.5 Å². The van der Waals surface area contributed by atoms with Gasteiger partial charge in [0.15, 0.2) is 5.65 Å². The molecule has 3 heterocycles. The molecule has 1 amide bonds. The number of hydrogen-bond donors (Lipinski definition) is 1. The van der Waals surface area contributed by atoms with Gasteiger partial charge in [-0.15, -0.1) is 0 Å². The van der Waals surface area contributed by atoms with Crippen LogP contribution in [-0.4, -0.2) is 59.4 Å². The van der Waals surface area contributed by atoms with Gasteiger partial charge in [0.05, 0.1) is 26.5 Å². The summed E-state index contributed by atoms with van der Waals surface area (Å²) in [5.74, 6) is 1.08. The normalized spacial score (nSPS) is 16.4. The van der Waals surface area contributed by atoms with Crippen molar-refractivity contribution in [2.75, 3.05) is 33.9 Å². The van der Waals surface area contributed by atoms with Crippen LogP contribution in [-0.2, 0) is 6.54 Å². The van der Waals surface area contributed by atoms with Crippen LogP contribution in [0.3, 0.4) is 0 Å². The lowest BCUT2D eigenvalue weighted by molar-refractivity contribution is 0.0783. The molecule has 0 radical (unpaired) electrons. The van der Waals surface area contributed by atoms with Gasteiger partial charge in [-0.3, -0.25) is 4.79 Å². The van der Waals surface area contributed by atoms with Crippen molar-refractivity contribution < 1.29 is 14.3 Å². The molecular formula is C21H25N5O3. The molecule has 0 unspecified atom stereocenters. The molecular weight excluding hydrogens is 370 g/mol. The molecule has 1 aliphatic rings. The van der Waals surface area contributed by atoms with Crippen molar-refractivity contribution in [1.82, 2.24) is 19.7 Å². The topological polar surface area (TPSA) is 95.5 Å². The Kier molecular flexibility index (Phi) is 5.35. The molecule has 2 N–H and O–H groups in total. The van der Waals surface area contributed by atoms with Crippen LogP contribution >= 0.6 is 0 Å². The lowest BCUT2D eigenvalue weighted by Gasteiger charge is -2.19. The first-order valence-corrected chi connectivity index (χ1v) is 9.69. The van der Waals surface area contributed by atoms with Crippen LogP contribution in [0.25, 0.3) is 11.0 Å². The second-order valence-electron chi connectivity index (χ2n) is 7.05. The lowest BCUT2D eigenvalue weighted by Crippen LogP contribution is -2.29. The first-order valence-electron chi connectivity index (χ1n) is 9.69. The van der Waals surface area contributed by atoms with E-state index in [0.717, 1.165) is 23.1 Å².